The lowest BCUT2D eigenvalue weighted by Crippen LogP contribution is -2.13. The number of carbonyl (C=O) groups excluding carboxylic acids is 2. The lowest BCUT2D eigenvalue weighted by Gasteiger charge is -2.04. The lowest BCUT2D eigenvalue weighted by molar-refractivity contribution is -0.113. The first kappa shape index (κ1) is 14.6. The van der Waals surface area contributed by atoms with Gasteiger partial charge in [0.25, 0.3) is 5.91 Å². The summed E-state index contributed by atoms with van der Waals surface area (Å²) in [6, 6.07) is 3.45. The standard InChI is InChI=1S/C15H16N2O2/c1-4-5-11(2)15(19)17-14-9-8-13(10-16-14)7-6-12(3)18/h4-10H,1H2,2-3H3,(H,16,17,19)/b7-6+,11-5+. The Morgan fingerprint density at radius 3 is 2.58 bits per heavy atom. The molecule has 1 heterocycles. The van der Waals surface area contributed by atoms with Crippen molar-refractivity contribution < 1.29 is 9.59 Å². The molecule has 0 aliphatic rings. The summed E-state index contributed by atoms with van der Waals surface area (Å²) in [5.74, 6) is 0.212. The van der Waals surface area contributed by atoms with Gasteiger partial charge in [0, 0.05) is 11.8 Å². The van der Waals surface area contributed by atoms with Crippen molar-refractivity contribution in [1.82, 2.24) is 4.98 Å². The predicted molar refractivity (Wildman–Crippen MR) is 76.5 cm³/mol. The lowest BCUT2D eigenvalue weighted by atomic mass is 10.2. The van der Waals surface area contributed by atoms with Gasteiger partial charge in [-0.1, -0.05) is 18.7 Å². The SMILES string of the molecule is C=C/C=C(\C)C(=O)Nc1ccc(/C=C/C(C)=O)cn1. The quantitative estimate of drug-likeness (QED) is 0.651. The van der Waals surface area contributed by atoms with Gasteiger partial charge in [-0.3, -0.25) is 9.59 Å². The summed E-state index contributed by atoms with van der Waals surface area (Å²) < 4.78 is 0. The Kier molecular flexibility index (Phi) is 5.41. The van der Waals surface area contributed by atoms with Gasteiger partial charge in [0.05, 0.1) is 0 Å². The molecule has 0 fully saturated rings. The van der Waals surface area contributed by atoms with E-state index in [4.69, 9.17) is 0 Å². The van der Waals surface area contributed by atoms with Crippen LogP contribution in [0.1, 0.15) is 19.4 Å². The molecule has 0 unspecified atom stereocenters. The van der Waals surface area contributed by atoms with Gasteiger partial charge in [0.1, 0.15) is 5.82 Å². The van der Waals surface area contributed by atoms with E-state index in [2.05, 4.69) is 16.9 Å². The zero-order valence-electron chi connectivity index (χ0n) is 11.0. The van der Waals surface area contributed by atoms with Crippen molar-refractivity contribution in [2.24, 2.45) is 0 Å². The molecule has 4 nitrogen and oxygen atoms in total. The average Bonchev–Trinajstić information content (AvgIpc) is 2.38. The second kappa shape index (κ2) is 7.06. The van der Waals surface area contributed by atoms with E-state index in [0.717, 1.165) is 5.56 Å². The fourth-order valence-corrected chi connectivity index (χ4v) is 1.26. The van der Waals surface area contributed by atoms with Crippen LogP contribution in [0.15, 0.2) is 48.7 Å². The Bertz CT molecular complexity index is 540. The minimum Gasteiger partial charge on any atom is -0.307 e. The van der Waals surface area contributed by atoms with Crippen LogP contribution in [-0.4, -0.2) is 16.7 Å². The average molecular weight is 256 g/mol. The van der Waals surface area contributed by atoms with Gasteiger partial charge in [0.15, 0.2) is 5.78 Å². The highest BCUT2D eigenvalue weighted by atomic mass is 16.1. The van der Waals surface area contributed by atoms with Gasteiger partial charge >= 0.3 is 0 Å². The minimum absolute atomic E-state index is 0.0254. The number of rotatable bonds is 5. The first-order valence-electron chi connectivity index (χ1n) is 5.78. The van der Waals surface area contributed by atoms with Gasteiger partial charge in [-0.15, -0.1) is 0 Å². The van der Waals surface area contributed by atoms with E-state index in [1.807, 2.05) is 0 Å². The van der Waals surface area contributed by atoms with Crippen molar-refractivity contribution in [2.75, 3.05) is 5.32 Å². The van der Waals surface area contributed by atoms with Gasteiger partial charge in [-0.2, -0.15) is 0 Å². The number of amides is 1. The number of nitrogens with zero attached hydrogens (tertiary/aromatic N) is 1. The van der Waals surface area contributed by atoms with Crippen LogP contribution >= 0.6 is 0 Å². The van der Waals surface area contributed by atoms with Crippen LogP contribution in [-0.2, 0) is 9.59 Å². The van der Waals surface area contributed by atoms with Crippen molar-refractivity contribution >= 4 is 23.6 Å². The Morgan fingerprint density at radius 2 is 2.05 bits per heavy atom. The number of nitrogens with one attached hydrogen (secondary N) is 1. The summed E-state index contributed by atoms with van der Waals surface area (Å²) in [5.41, 5.74) is 1.35. The highest BCUT2D eigenvalue weighted by Crippen LogP contribution is 2.08. The molecule has 1 aromatic rings. The van der Waals surface area contributed by atoms with Crippen molar-refractivity contribution in [3.05, 3.63) is 54.3 Å². The summed E-state index contributed by atoms with van der Waals surface area (Å²) in [7, 11) is 0. The molecule has 1 aromatic heterocycles. The topological polar surface area (TPSA) is 59.1 Å². The summed E-state index contributed by atoms with van der Waals surface area (Å²) in [5, 5.41) is 2.66. The molecular weight excluding hydrogens is 240 g/mol. The fraction of sp³-hybridized carbons (Fsp3) is 0.133. The molecule has 0 atom stereocenters. The number of carbonyl (C=O) groups is 2. The smallest absolute Gasteiger partial charge is 0.252 e. The molecule has 98 valence electrons. The number of ketones is 1. The van der Waals surface area contributed by atoms with Crippen LogP contribution in [0.4, 0.5) is 5.82 Å². The van der Waals surface area contributed by atoms with Crippen LogP contribution in [0, 0.1) is 0 Å². The van der Waals surface area contributed by atoms with Crippen LogP contribution in [0.3, 0.4) is 0 Å². The van der Waals surface area contributed by atoms with E-state index in [1.165, 1.54) is 13.0 Å². The highest BCUT2D eigenvalue weighted by Gasteiger charge is 2.04. The number of aromatic nitrogens is 1. The van der Waals surface area contributed by atoms with Crippen LogP contribution in [0.25, 0.3) is 6.08 Å². The summed E-state index contributed by atoms with van der Waals surface area (Å²) in [6.45, 7) is 6.70. The molecule has 0 saturated carbocycles. The monoisotopic (exact) mass is 256 g/mol. The van der Waals surface area contributed by atoms with Gasteiger partial charge in [-0.05, 0) is 43.7 Å². The summed E-state index contributed by atoms with van der Waals surface area (Å²) >= 11 is 0. The maximum absolute atomic E-state index is 11.7. The van der Waals surface area contributed by atoms with Gasteiger partial charge in [0.2, 0.25) is 0 Å². The summed E-state index contributed by atoms with van der Waals surface area (Å²) in [6.07, 6.45) is 7.90. The van der Waals surface area contributed by atoms with E-state index < -0.39 is 0 Å². The molecule has 0 bridgehead atoms. The van der Waals surface area contributed by atoms with E-state index in [-0.39, 0.29) is 11.7 Å². The highest BCUT2D eigenvalue weighted by molar-refractivity contribution is 6.02. The third kappa shape index (κ3) is 5.12. The van der Waals surface area contributed by atoms with Crippen LogP contribution < -0.4 is 5.32 Å². The molecule has 0 radical (unpaired) electrons. The van der Waals surface area contributed by atoms with E-state index in [1.54, 1.807) is 43.5 Å². The number of pyridine rings is 1. The normalized spacial score (nSPS) is 11.4. The number of allylic oxidation sites excluding steroid dienone is 3. The molecule has 1 rings (SSSR count). The van der Waals surface area contributed by atoms with Gasteiger partial charge in [-0.25, -0.2) is 4.98 Å². The second-order valence-corrected chi connectivity index (χ2v) is 3.96. The molecule has 0 saturated heterocycles. The Morgan fingerprint density at radius 1 is 1.32 bits per heavy atom. The molecule has 1 amide bonds. The van der Waals surface area contributed by atoms with Crippen molar-refractivity contribution in [1.29, 1.82) is 0 Å². The molecule has 0 aliphatic heterocycles. The van der Waals surface area contributed by atoms with Crippen LogP contribution in [0.2, 0.25) is 0 Å². The predicted octanol–water partition coefficient (Wildman–Crippen LogP) is 2.75. The first-order chi connectivity index (χ1) is 9.02. The molecule has 19 heavy (non-hydrogen) atoms. The zero-order valence-corrected chi connectivity index (χ0v) is 11.0. The maximum Gasteiger partial charge on any atom is 0.252 e. The number of anilines is 1. The number of hydrogen-bond acceptors (Lipinski definition) is 3. The van der Waals surface area contributed by atoms with Crippen molar-refractivity contribution in [3.63, 3.8) is 0 Å². The fourth-order valence-electron chi connectivity index (χ4n) is 1.26. The van der Waals surface area contributed by atoms with E-state index >= 15 is 0 Å². The first-order valence-corrected chi connectivity index (χ1v) is 5.78. The maximum atomic E-state index is 11.7. The Labute approximate surface area is 112 Å². The van der Waals surface area contributed by atoms with Gasteiger partial charge < -0.3 is 5.32 Å². The number of hydrogen-bond donors (Lipinski definition) is 1. The second-order valence-electron chi connectivity index (χ2n) is 3.96. The molecule has 0 aromatic carbocycles. The molecular formula is C15H16N2O2. The minimum atomic E-state index is -0.223. The van der Waals surface area contributed by atoms with Crippen molar-refractivity contribution in [3.8, 4) is 0 Å². The Balaban J connectivity index is 2.72. The summed E-state index contributed by atoms with van der Waals surface area (Å²) in [4.78, 5) is 26.6. The third-order valence-electron chi connectivity index (χ3n) is 2.26. The molecule has 1 N–H and O–H groups in total. The molecule has 0 spiro atoms. The Hall–Kier alpha value is -2.49. The van der Waals surface area contributed by atoms with E-state index in [9.17, 15) is 9.59 Å². The van der Waals surface area contributed by atoms with Crippen molar-refractivity contribution in [2.45, 2.75) is 13.8 Å². The third-order valence-corrected chi connectivity index (χ3v) is 2.26. The van der Waals surface area contributed by atoms with Crippen LogP contribution in [0.5, 0.6) is 0 Å². The largest absolute Gasteiger partial charge is 0.307 e. The molecule has 0 aliphatic carbocycles. The zero-order chi connectivity index (χ0) is 14.3. The van der Waals surface area contributed by atoms with E-state index in [0.29, 0.717) is 11.4 Å². The molecule has 4 heteroatoms.